The van der Waals surface area contributed by atoms with Crippen molar-refractivity contribution in [1.29, 1.82) is 0 Å². The molecule has 3 N–H and O–H groups in total. The number of likely N-dealkylation sites (tertiary alicyclic amines) is 1. The van der Waals surface area contributed by atoms with Gasteiger partial charge in [-0.25, -0.2) is 23.0 Å². The number of alkyl halides is 4. The molecule has 3 aromatic carbocycles. The van der Waals surface area contributed by atoms with E-state index in [1.807, 2.05) is 0 Å². The van der Waals surface area contributed by atoms with Gasteiger partial charge in [0.05, 0.1) is 25.2 Å². The van der Waals surface area contributed by atoms with Crippen molar-refractivity contribution >= 4 is 46.8 Å². The van der Waals surface area contributed by atoms with Crippen LogP contribution < -0.4 is 20.7 Å². The number of amides is 3. The van der Waals surface area contributed by atoms with E-state index in [4.69, 9.17) is 19.9 Å². The molecule has 3 amide bonds. The number of esters is 1. The molecule has 1 aliphatic rings. The largest absolute Gasteiger partial charge is 0.482 e. The maximum atomic E-state index is 13.8. The number of nitrogens with two attached hydrogens (primary N) is 1. The number of hydrogen-bond donors (Lipinski definition) is 2. The molecule has 59 heavy (non-hydrogen) atoms. The number of hydrogen-bond acceptors (Lipinski definition) is 10. The number of carbonyl (C=O) groups excluding carboxylic acids is 4. The zero-order chi connectivity index (χ0) is 42.6. The summed E-state index contributed by atoms with van der Waals surface area (Å²) >= 11 is 0. The van der Waals surface area contributed by atoms with Crippen molar-refractivity contribution in [2.24, 2.45) is 11.1 Å². The van der Waals surface area contributed by atoms with Crippen LogP contribution in [0.15, 0.2) is 85.1 Å². The Morgan fingerprint density at radius 2 is 1.61 bits per heavy atom. The molecular formula is C40H38F5N7O7. The first-order valence-corrected chi connectivity index (χ1v) is 18.0. The third-order valence-corrected chi connectivity index (χ3v) is 9.02. The summed E-state index contributed by atoms with van der Waals surface area (Å²) in [4.78, 5) is 58.1. The highest BCUT2D eigenvalue weighted by Gasteiger charge is 2.35. The van der Waals surface area contributed by atoms with Crippen LogP contribution in [0.2, 0.25) is 0 Å². The van der Waals surface area contributed by atoms with Crippen LogP contribution in [0.3, 0.4) is 0 Å². The number of benzene rings is 3. The van der Waals surface area contributed by atoms with Crippen molar-refractivity contribution < 1.29 is 55.3 Å². The maximum Gasteiger partial charge on any atom is 0.424 e. The summed E-state index contributed by atoms with van der Waals surface area (Å²) in [5, 5.41) is 7.18. The van der Waals surface area contributed by atoms with E-state index >= 15 is 0 Å². The highest BCUT2D eigenvalue weighted by molar-refractivity contribution is 5.99. The Bertz CT molecular complexity index is 2340. The quantitative estimate of drug-likeness (QED) is 0.0794. The van der Waals surface area contributed by atoms with Gasteiger partial charge in [0.15, 0.2) is 12.3 Å². The van der Waals surface area contributed by atoms with Gasteiger partial charge in [0, 0.05) is 23.0 Å². The summed E-state index contributed by atoms with van der Waals surface area (Å²) in [6.07, 6.45) is -5.81. The average molecular weight is 824 g/mol. The fourth-order valence-corrected chi connectivity index (χ4v) is 5.69. The normalized spacial score (nSPS) is 13.7. The van der Waals surface area contributed by atoms with E-state index in [1.165, 1.54) is 34.8 Å². The van der Waals surface area contributed by atoms with E-state index in [1.54, 1.807) is 63.4 Å². The van der Waals surface area contributed by atoms with E-state index < -0.39 is 72.7 Å². The topological polar surface area (TPSA) is 171 Å². The fourth-order valence-electron chi connectivity index (χ4n) is 5.69. The van der Waals surface area contributed by atoms with Gasteiger partial charge in [-0.2, -0.15) is 18.2 Å². The average Bonchev–Trinajstić information content (AvgIpc) is 3.59. The van der Waals surface area contributed by atoms with Crippen molar-refractivity contribution in [2.45, 2.75) is 45.6 Å². The molecule has 5 aromatic rings. The predicted octanol–water partition coefficient (Wildman–Crippen LogP) is 6.60. The van der Waals surface area contributed by atoms with Crippen molar-refractivity contribution in [1.82, 2.24) is 19.5 Å². The second-order valence-corrected chi connectivity index (χ2v) is 14.6. The number of halogens is 5. The zero-order valence-electron chi connectivity index (χ0n) is 31.8. The third-order valence-electron chi connectivity index (χ3n) is 9.02. The molecule has 6 rings (SSSR count). The number of rotatable bonds is 12. The van der Waals surface area contributed by atoms with Crippen LogP contribution in [0.1, 0.15) is 36.7 Å². The van der Waals surface area contributed by atoms with E-state index in [0.29, 0.717) is 27.3 Å². The molecule has 0 bridgehead atoms. The van der Waals surface area contributed by atoms with Gasteiger partial charge in [0.25, 0.3) is 11.9 Å². The molecule has 19 heteroatoms. The minimum absolute atomic E-state index is 0.0338. The van der Waals surface area contributed by atoms with E-state index in [-0.39, 0.29) is 42.3 Å². The molecule has 1 atom stereocenters. The Hall–Kier alpha value is -6.63. The zero-order valence-corrected chi connectivity index (χ0v) is 31.8. The maximum absolute atomic E-state index is 13.8. The summed E-state index contributed by atoms with van der Waals surface area (Å²) in [5.74, 6) is -3.31. The summed E-state index contributed by atoms with van der Waals surface area (Å²) < 4.78 is 83.8. The second-order valence-electron chi connectivity index (χ2n) is 14.6. The van der Waals surface area contributed by atoms with Crippen molar-refractivity contribution in [3.63, 3.8) is 0 Å². The van der Waals surface area contributed by atoms with Crippen LogP contribution in [0.4, 0.5) is 44.1 Å². The van der Waals surface area contributed by atoms with E-state index in [0.717, 1.165) is 17.0 Å². The van der Waals surface area contributed by atoms with Crippen LogP contribution in [-0.2, 0) is 25.5 Å². The van der Waals surface area contributed by atoms with Gasteiger partial charge in [-0.05, 0) is 71.1 Å². The fraction of sp³-hybridized carbons (Fsp3) is 0.300. The van der Waals surface area contributed by atoms with Crippen LogP contribution in [0, 0.1) is 11.2 Å². The molecule has 1 aliphatic heterocycles. The molecule has 310 valence electrons. The SMILES string of the molecule is CC(C)(C)C(N)C(=O)OCOC(=O)N(c1nc2ccc(-c3ccc(NC(=O)Cc4ccc(F)cc4)cc3)cn2n1)c1ccc(C(=O)N2CC(F)C2)cc1OCC(F)(F)F. The number of nitrogens with zero attached hydrogens (tertiary/aromatic N) is 5. The monoisotopic (exact) mass is 823 g/mol. The molecule has 0 saturated carbocycles. The van der Waals surface area contributed by atoms with Crippen LogP contribution in [-0.4, -0.2) is 88.3 Å². The number of nitrogens with one attached hydrogen (secondary N) is 1. The summed E-state index contributed by atoms with van der Waals surface area (Å²) in [5.41, 5.74) is 7.29. The summed E-state index contributed by atoms with van der Waals surface area (Å²) in [7, 11) is 0. The van der Waals surface area contributed by atoms with Crippen LogP contribution in [0.25, 0.3) is 16.8 Å². The van der Waals surface area contributed by atoms with Gasteiger partial charge in [-0.1, -0.05) is 45.0 Å². The predicted molar refractivity (Wildman–Crippen MR) is 203 cm³/mol. The minimum Gasteiger partial charge on any atom is -0.482 e. The van der Waals surface area contributed by atoms with Gasteiger partial charge >= 0.3 is 18.2 Å². The molecular weight excluding hydrogens is 785 g/mol. The molecule has 1 fully saturated rings. The summed E-state index contributed by atoms with van der Waals surface area (Å²) in [6.45, 7) is 1.89. The van der Waals surface area contributed by atoms with Crippen molar-refractivity contribution in [2.75, 3.05) is 36.7 Å². The molecule has 3 heterocycles. The third kappa shape index (κ3) is 10.5. The lowest BCUT2D eigenvalue weighted by molar-refractivity contribution is -0.156. The number of carbonyl (C=O) groups is 4. The van der Waals surface area contributed by atoms with Crippen molar-refractivity contribution in [3.8, 4) is 16.9 Å². The lowest BCUT2D eigenvalue weighted by Gasteiger charge is -2.34. The van der Waals surface area contributed by atoms with Crippen molar-refractivity contribution in [3.05, 3.63) is 102 Å². The highest BCUT2D eigenvalue weighted by Crippen LogP contribution is 2.36. The molecule has 2 aromatic heterocycles. The Morgan fingerprint density at radius 1 is 0.932 bits per heavy atom. The molecule has 1 saturated heterocycles. The van der Waals surface area contributed by atoms with Gasteiger partial charge in [0.1, 0.15) is 23.8 Å². The lowest BCUT2D eigenvalue weighted by atomic mass is 9.87. The minimum atomic E-state index is -4.84. The Morgan fingerprint density at radius 3 is 2.25 bits per heavy atom. The molecule has 0 radical (unpaired) electrons. The van der Waals surface area contributed by atoms with E-state index in [2.05, 4.69) is 15.4 Å². The van der Waals surface area contributed by atoms with Crippen LogP contribution >= 0.6 is 0 Å². The molecule has 0 aliphatic carbocycles. The summed E-state index contributed by atoms with van der Waals surface area (Å²) in [6, 6.07) is 17.8. The Labute approximate surface area is 333 Å². The number of fused-ring (bicyclic) bond motifs is 1. The first kappa shape index (κ1) is 42.0. The standard InChI is InChI=1S/C40H38F5N7O7/c1-39(2,3)34(46)36(55)58-22-59-38(56)52(30-14-8-25(35(54)50-19-28(42)20-50)17-31(30)57-21-40(43,44)45)37-48-32-15-9-26(18-51(32)49-37)24-6-12-29(13-7-24)47-33(53)16-23-4-10-27(41)11-5-23/h4-15,17-18,28,34H,16,19-22,46H2,1-3H3,(H,47,53). The Kier molecular flexibility index (Phi) is 12.2. The number of ether oxygens (including phenoxy) is 3. The second kappa shape index (κ2) is 17.1. The molecule has 0 spiro atoms. The van der Waals surface area contributed by atoms with Gasteiger partial charge < -0.3 is 30.2 Å². The Balaban J connectivity index is 1.29. The number of pyridine rings is 1. The van der Waals surface area contributed by atoms with Gasteiger partial charge in [-0.15, -0.1) is 5.10 Å². The molecule has 14 nitrogen and oxygen atoms in total. The lowest BCUT2D eigenvalue weighted by Crippen LogP contribution is -2.51. The number of aromatic nitrogens is 3. The van der Waals surface area contributed by atoms with Gasteiger partial charge in [0.2, 0.25) is 12.7 Å². The highest BCUT2D eigenvalue weighted by atomic mass is 19.4. The molecule has 1 unspecified atom stereocenters. The van der Waals surface area contributed by atoms with E-state index in [9.17, 15) is 41.1 Å². The number of anilines is 3. The van der Waals surface area contributed by atoms with Crippen LogP contribution in [0.5, 0.6) is 5.75 Å². The van der Waals surface area contributed by atoms with Gasteiger partial charge in [-0.3, -0.25) is 14.4 Å². The smallest absolute Gasteiger partial charge is 0.424 e. The first-order valence-electron chi connectivity index (χ1n) is 18.0. The first-order chi connectivity index (χ1) is 27.8.